The van der Waals surface area contributed by atoms with Crippen LogP contribution in [0, 0.1) is 0 Å². The Balaban J connectivity index is 0.00000400. The van der Waals surface area contributed by atoms with E-state index < -0.39 is 24.5 Å². The van der Waals surface area contributed by atoms with Gasteiger partial charge in [0, 0.05) is 19.2 Å². The maximum atomic E-state index is 12.1. The van der Waals surface area contributed by atoms with Gasteiger partial charge in [0.2, 0.25) is 5.91 Å². The lowest BCUT2D eigenvalue weighted by atomic mass is 10.1. The van der Waals surface area contributed by atoms with Gasteiger partial charge in [-0.05, 0) is 24.1 Å². The Morgan fingerprint density at radius 1 is 1.33 bits per heavy atom. The molecule has 0 saturated carbocycles. The highest BCUT2D eigenvalue weighted by atomic mass is 35.5. The molecule has 0 spiro atoms. The first kappa shape index (κ1) is 19.7. The number of hydrogen-bond acceptors (Lipinski definition) is 3. The van der Waals surface area contributed by atoms with Crippen molar-refractivity contribution in [2.45, 2.75) is 25.1 Å². The minimum atomic E-state index is -4.17. The summed E-state index contributed by atoms with van der Waals surface area (Å²) in [5, 5.41) is 2.56. The Hall–Kier alpha value is -1.31. The number of benzene rings is 1. The van der Waals surface area contributed by atoms with Crippen molar-refractivity contribution in [3.63, 3.8) is 0 Å². The van der Waals surface area contributed by atoms with Crippen molar-refractivity contribution in [3.8, 4) is 0 Å². The molecule has 0 saturated heterocycles. The monoisotopic (exact) mass is 326 g/mol. The summed E-state index contributed by atoms with van der Waals surface area (Å²) in [4.78, 5) is 11.6. The van der Waals surface area contributed by atoms with E-state index in [0.29, 0.717) is 11.3 Å². The van der Waals surface area contributed by atoms with Crippen LogP contribution in [-0.4, -0.2) is 31.8 Å². The van der Waals surface area contributed by atoms with Crippen molar-refractivity contribution < 1.29 is 22.7 Å². The molecule has 4 nitrogen and oxygen atoms in total. The third-order valence-corrected chi connectivity index (χ3v) is 2.60. The number of carbonyl (C=O) groups is 1. The Morgan fingerprint density at radius 3 is 2.38 bits per heavy atom. The molecule has 3 N–H and O–H groups in total. The van der Waals surface area contributed by atoms with Crippen LogP contribution in [0.5, 0.6) is 0 Å². The van der Waals surface area contributed by atoms with E-state index in [1.165, 1.54) is 7.11 Å². The molecule has 1 rings (SSSR count). The van der Waals surface area contributed by atoms with E-state index in [1.807, 2.05) is 0 Å². The molecule has 0 radical (unpaired) electrons. The third kappa shape index (κ3) is 7.89. The van der Waals surface area contributed by atoms with Gasteiger partial charge in [-0.1, -0.05) is 12.1 Å². The average molecular weight is 327 g/mol. The lowest BCUT2D eigenvalue weighted by Crippen LogP contribution is -2.39. The Morgan fingerprint density at radius 2 is 1.90 bits per heavy atom. The highest BCUT2D eigenvalue weighted by Gasteiger charge is 2.26. The topological polar surface area (TPSA) is 64.3 Å². The van der Waals surface area contributed by atoms with Crippen molar-refractivity contribution in [2.75, 3.05) is 19.0 Å². The number of anilines is 1. The number of aryl methyl sites for hydroxylation is 1. The van der Waals surface area contributed by atoms with Crippen LogP contribution in [0.1, 0.15) is 12.0 Å². The highest BCUT2D eigenvalue weighted by Crippen LogP contribution is 2.22. The number of halogens is 4. The van der Waals surface area contributed by atoms with Gasteiger partial charge in [-0.3, -0.25) is 4.79 Å². The quantitative estimate of drug-likeness (QED) is 0.844. The number of alkyl halides is 3. The van der Waals surface area contributed by atoms with E-state index in [1.54, 1.807) is 24.3 Å². The molecule has 0 aromatic heterocycles. The molecule has 120 valence electrons. The Labute approximate surface area is 127 Å². The zero-order chi connectivity index (χ0) is 15.2. The maximum Gasteiger partial charge on any atom is 0.389 e. The van der Waals surface area contributed by atoms with Gasteiger partial charge in [0.15, 0.2) is 0 Å². The van der Waals surface area contributed by atoms with Crippen LogP contribution >= 0.6 is 12.4 Å². The number of nitrogens with two attached hydrogens (primary N) is 1. The molecule has 0 aliphatic carbocycles. The van der Waals surface area contributed by atoms with Crippen LogP contribution in [0.15, 0.2) is 24.3 Å². The van der Waals surface area contributed by atoms with Gasteiger partial charge >= 0.3 is 6.18 Å². The fraction of sp³-hybridized carbons (Fsp3) is 0.462. The van der Waals surface area contributed by atoms with Gasteiger partial charge in [-0.25, -0.2) is 0 Å². The van der Waals surface area contributed by atoms with Crippen LogP contribution in [0.2, 0.25) is 0 Å². The number of rotatable bonds is 6. The van der Waals surface area contributed by atoms with Gasteiger partial charge in [-0.15, -0.1) is 12.4 Å². The molecule has 0 fully saturated rings. The lowest BCUT2D eigenvalue weighted by molar-refractivity contribution is -0.134. The number of ether oxygens (including phenoxy) is 1. The summed E-state index contributed by atoms with van der Waals surface area (Å²) in [5.41, 5.74) is 6.58. The van der Waals surface area contributed by atoms with Gasteiger partial charge < -0.3 is 15.8 Å². The van der Waals surface area contributed by atoms with E-state index in [2.05, 4.69) is 5.32 Å². The highest BCUT2D eigenvalue weighted by molar-refractivity contribution is 5.94. The third-order valence-electron chi connectivity index (χ3n) is 2.60. The Bertz CT molecular complexity index is 438. The molecule has 8 heteroatoms. The molecule has 1 aromatic carbocycles. The van der Waals surface area contributed by atoms with Gasteiger partial charge in [0.05, 0.1) is 6.61 Å². The standard InChI is InChI=1S/C13H17F3N2O2.ClH/c1-20-8-11(17)12(19)18-10-4-2-9(3-5-10)6-7-13(14,15)16;/h2-5,11H,6-8,17H2,1H3,(H,18,19);1H. The van der Waals surface area contributed by atoms with Crippen LogP contribution < -0.4 is 11.1 Å². The minimum Gasteiger partial charge on any atom is -0.383 e. The van der Waals surface area contributed by atoms with E-state index in [4.69, 9.17) is 10.5 Å². The molecule has 1 aromatic rings. The predicted octanol–water partition coefficient (Wildman–Crippen LogP) is 2.52. The normalized spacial score (nSPS) is 12.4. The molecule has 0 aliphatic heterocycles. The average Bonchev–Trinajstić information content (AvgIpc) is 2.37. The SMILES string of the molecule is COCC(N)C(=O)Nc1ccc(CCC(F)(F)F)cc1.Cl. The van der Waals surface area contributed by atoms with Gasteiger partial charge in [0.25, 0.3) is 0 Å². The first-order chi connectivity index (χ1) is 9.31. The molecule has 0 aliphatic rings. The maximum absolute atomic E-state index is 12.1. The van der Waals surface area contributed by atoms with Crippen molar-refractivity contribution in [2.24, 2.45) is 5.73 Å². The molecule has 21 heavy (non-hydrogen) atoms. The number of hydrogen-bond donors (Lipinski definition) is 2. The number of amides is 1. The number of nitrogens with one attached hydrogen (secondary N) is 1. The molecule has 1 atom stereocenters. The molecule has 1 unspecified atom stereocenters. The predicted molar refractivity (Wildman–Crippen MR) is 76.5 cm³/mol. The van der Waals surface area contributed by atoms with E-state index in [9.17, 15) is 18.0 Å². The second-order valence-corrected chi connectivity index (χ2v) is 4.36. The summed E-state index contributed by atoms with van der Waals surface area (Å²) in [6.45, 7) is 0.0928. The fourth-order valence-corrected chi connectivity index (χ4v) is 1.53. The molecular formula is C13H18ClF3N2O2. The van der Waals surface area contributed by atoms with E-state index in [-0.39, 0.29) is 25.4 Å². The second kappa shape index (κ2) is 8.86. The van der Waals surface area contributed by atoms with Crippen LogP contribution in [0.25, 0.3) is 0 Å². The molecule has 1 amide bonds. The van der Waals surface area contributed by atoms with Gasteiger partial charge in [-0.2, -0.15) is 13.2 Å². The summed E-state index contributed by atoms with van der Waals surface area (Å²) in [6.07, 6.45) is -5.11. The Kier molecular flexibility index (Phi) is 8.31. The van der Waals surface area contributed by atoms with E-state index in [0.717, 1.165) is 0 Å². The van der Waals surface area contributed by atoms with Crippen molar-refractivity contribution in [3.05, 3.63) is 29.8 Å². The van der Waals surface area contributed by atoms with Crippen LogP contribution in [0.4, 0.5) is 18.9 Å². The lowest BCUT2D eigenvalue weighted by Gasteiger charge is -2.12. The van der Waals surface area contributed by atoms with E-state index >= 15 is 0 Å². The van der Waals surface area contributed by atoms with Crippen molar-refractivity contribution >= 4 is 24.0 Å². The summed E-state index contributed by atoms with van der Waals surface area (Å²) in [6, 6.07) is 5.39. The zero-order valence-electron chi connectivity index (χ0n) is 11.4. The first-order valence-corrected chi connectivity index (χ1v) is 6.03. The number of methoxy groups -OCH3 is 1. The summed E-state index contributed by atoms with van der Waals surface area (Å²) >= 11 is 0. The zero-order valence-corrected chi connectivity index (χ0v) is 12.3. The molecular weight excluding hydrogens is 309 g/mol. The van der Waals surface area contributed by atoms with Gasteiger partial charge in [0.1, 0.15) is 6.04 Å². The van der Waals surface area contributed by atoms with Crippen molar-refractivity contribution in [1.29, 1.82) is 0 Å². The summed E-state index contributed by atoms with van der Waals surface area (Å²) in [7, 11) is 1.43. The smallest absolute Gasteiger partial charge is 0.383 e. The van der Waals surface area contributed by atoms with Crippen LogP contribution in [-0.2, 0) is 16.0 Å². The molecule has 0 bridgehead atoms. The van der Waals surface area contributed by atoms with Crippen LogP contribution in [0.3, 0.4) is 0 Å². The second-order valence-electron chi connectivity index (χ2n) is 4.36. The largest absolute Gasteiger partial charge is 0.389 e. The fourth-order valence-electron chi connectivity index (χ4n) is 1.53. The summed E-state index contributed by atoms with van der Waals surface area (Å²) < 4.78 is 41.0. The summed E-state index contributed by atoms with van der Waals surface area (Å²) in [5.74, 6) is -0.408. The first-order valence-electron chi connectivity index (χ1n) is 6.03. The number of carbonyl (C=O) groups excluding carboxylic acids is 1. The minimum absolute atomic E-state index is 0. The molecule has 0 heterocycles. The van der Waals surface area contributed by atoms with Crippen molar-refractivity contribution in [1.82, 2.24) is 0 Å².